The van der Waals surface area contributed by atoms with Gasteiger partial charge in [-0.15, -0.1) is 11.3 Å². The molecule has 5 rings (SSSR count). The lowest BCUT2D eigenvalue weighted by atomic mass is 10.1. The second kappa shape index (κ2) is 8.58. The van der Waals surface area contributed by atoms with Crippen molar-refractivity contribution in [1.29, 1.82) is 0 Å². The molecule has 0 atom stereocenters. The van der Waals surface area contributed by atoms with Gasteiger partial charge in [0.2, 0.25) is 0 Å². The summed E-state index contributed by atoms with van der Waals surface area (Å²) >= 11 is 9.14. The van der Waals surface area contributed by atoms with Crippen LogP contribution in [0.3, 0.4) is 0 Å². The summed E-state index contributed by atoms with van der Waals surface area (Å²) in [5, 5.41) is 3.46. The zero-order valence-electron chi connectivity index (χ0n) is 15.9. The summed E-state index contributed by atoms with van der Waals surface area (Å²) in [5.41, 5.74) is 5.94. The minimum atomic E-state index is -0.183. The van der Waals surface area contributed by atoms with Crippen molar-refractivity contribution in [3.05, 3.63) is 94.1 Å². The SMILES string of the molecule is O=C(NCc1ccccn1)c1ccc2c(c1)N=C(c1ccc(Cl)cn1)c1ncsc1S2. The van der Waals surface area contributed by atoms with Crippen LogP contribution < -0.4 is 5.32 Å². The second-order valence-electron chi connectivity index (χ2n) is 6.60. The topological polar surface area (TPSA) is 80.1 Å². The summed E-state index contributed by atoms with van der Waals surface area (Å²) < 4.78 is 1.03. The van der Waals surface area contributed by atoms with Crippen LogP contribution >= 0.6 is 34.7 Å². The number of carbonyl (C=O) groups excluding carboxylic acids is 1. The van der Waals surface area contributed by atoms with Crippen molar-refractivity contribution in [1.82, 2.24) is 20.3 Å². The van der Waals surface area contributed by atoms with Gasteiger partial charge in [-0.25, -0.2) is 9.98 Å². The number of halogens is 1. The number of aliphatic imine (C=N–C) groups is 1. The number of amides is 1. The monoisotopic (exact) mass is 463 g/mol. The number of hydrogen-bond donors (Lipinski definition) is 1. The van der Waals surface area contributed by atoms with Gasteiger partial charge in [0.1, 0.15) is 11.4 Å². The van der Waals surface area contributed by atoms with Crippen LogP contribution in [0.2, 0.25) is 5.02 Å². The number of rotatable bonds is 4. The van der Waals surface area contributed by atoms with Gasteiger partial charge in [0.15, 0.2) is 0 Å². The maximum Gasteiger partial charge on any atom is 0.251 e. The predicted octanol–water partition coefficient (Wildman–Crippen LogP) is 5.15. The van der Waals surface area contributed by atoms with Crippen molar-refractivity contribution in [2.24, 2.45) is 4.99 Å². The Morgan fingerprint density at radius 3 is 2.81 bits per heavy atom. The van der Waals surface area contributed by atoms with Gasteiger partial charge in [-0.05, 0) is 42.5 Å². The zero-order valence-corrected chi connectivity index (χ0v) is 18.3. The first-order valence-electron chi connectivity index (χ1n) is 9.32. The predicted molar refractivity (Wildman–Crippen MR) is 123 cm³/mol. The maximum atomic E-state index is 12.7. The summed E-state index contributed by atoms with van der Waals surface area (Å²) in [4.78, 5) is 31.7. The van der Waals surface area contributed by atoms with Crippen molar-refractivity contribution < 1.29 is 4.79 Å². The zero-order chi connectivity index (χ0) is 21.2. The van der Waals surface area contributed by atoms with Crippen molar-refractivity contribution in [3.63, 3.8) is 0 Å². The number of nitrogens with one attached hydrogen (secondary N) is 1. The van der Waals surface area contributed by atoms with E-state index in [1.165, 1.54) is 0 Å². The molecule has 31 heavy (non-hydrogen) atoms. The summed E-state index contributed by atoms with van der Waals surface area (Å²) in [6.07, 6.45) is 3.29. The molecule has 1 aliphatic rings. The molecular formula is C22H14ClN5OS2. The van der Waals surface area contributed by atoms with Crippen LogP contribution in [0.5, 0.6) is 0 Å². The van der Waals surface area contributed by atoms with Crippen molar-refractivity contribution in [2.45, 2.75) is 15.6 Å². The fraction of sp³-hybridized carbons (Fsp3) is 0.0455. The highest BCUT2D eigenvalue weighted by molar-refractivity contribution is 8.01. The molecule has 1 aliphatic heterocycles. The molecule has 0 saturated heterocycles. The lowest BCUT2D eigenvalue weighted by Crippen LogP contribution is -2.23. The molecule has 1 aromatic carbocycles. The Hall–Kier alpha value is -3.07. The van der Waals surface area contributed by atoms with E-state index in [-0.39, 0.29) is 5.91 Å². The number of benzene rings is 1. The molecule has 0 spiro atoms. The van der Waals surface area contributed by atoms with E-state index in [2.05, 4.69) is 20.3 Å². The van der Waals surface area contributed by atoms with E-state index in [0.29, 0.717) is 34.2 Å². The van der Waals surface area contributed by atoms with E-state index < -0.39 is 0 Å². The van der Waals surface area contributed by atoms with Crippen LogP contribution in [0.25, 0.3) is 0 Å². The van der Waals surface area contributed by atoms with Crippen LogP contribution in [0.15, 0.2) is 80.5 Å². The van der Waals surface area contributed by atoms with E-state index in [0.717, 1.165) is 20.5 Å². The highest BCUT2D eigenvalue weighted by atomic mass is 35.5. The van der Waals surface area contributed by atoms with E-state index >= 15 is 0 Å². The van der Waals surface area contributed by atoms with Crippen LogP contribution in [-0.2, 0) is 6.54 Å². The first-order valence-corrected chi connectivity index (χ1v) is 11.4. The third kappa shape index (κ3) is 4.23. The van der Waals surface area contributed by atoms with Crippen molar-refractivity contribution in [3.8, 4) is 0 Å². The molecule has 6 nitrogen and oxygen atoms in total. The third-order valence-electron chi connectivity index (χ3n) is 4.54. The van der Waals surface area contributed by atoms with Gasteiger partial charge < -0.3 is 5.32 Å². The molecule has 1 N–H and O–H groups in total. The molecule has 0 unspecified atom stereocenters. The molecule has 0 aliphatic carbocycles. The van der Waals surface area contributed by atoms with E-state index in [4.69, 9.17) is 16.6 Å². The molecule has 0 fully saturated rings. The lowest BCUT2D eigenvalue weighted by Gasteiger charge is -2.08. The van der Waals surface area contributed by atoms with Gasteiger partial charge in [-0.2, -0.15) is 0 Å². The fourth-order valence-electron chi connectivity index (χ4n) is 3.04. The number of carbonyl (C=O) groups is 1. The molecule has 1 amide bonds. The average molecular weight is 464 g/mol. The molecule has 4 aromatic rings. The molecular weight excluding hydrogens is 450 g/mol. The number of thiazole rings is 1. The van der Waals surface area contributed by atoms with Crippen molar-refractivity contribution >= 4 is 52.0 Å². The normalized spacial score (nSPS) is 12.4. The minimum Gasteiger partial charge on any atom is -0.346 e. The molecule has 0 radical (unpaired) electrons. The van der Waals surface area contributed by atoms with Crippen LogP contribution in [0, 0.1) is 0 Å². The van der Waals surface area contributed by atoms with E-state index in [9.17, 15) is 4.79 Å². The highest BCUT2D eigenvalue weighted by Gasteiger charge is 2.23. The smallest absolute Gasteiger partial charge is 0.251 e. The quantitative estimate of drug-likeness (QED) is 0.398. The summed E-state index contributed by atoms with van der Waals surface area (Å²) in [6.45, 7) is 0.357. The Morgan fingerprint density at radius 1 is 1.06 bits per heavy atom. The summed E-state index contributed by atoms with van der Waals surface area (Å²) in [5.74, 6) is -0.183. The number of aromatic nitrogens is 3. The number of pyridine rings is 2. The van der Waals surface area contributed by atoms with Gasteiger partial charge in [0.05, 0.1) is 38.4 Å². The van der Waals surface area contributed by atoms with Gasteiger partial charge in [0, 0.05) is 22.9 Å². The average Bonchev–Trinajstić information content (AvgIpc) is 3.20. The van der Waals surface area contributed by atoms with Gasteiger partial charge in [0.25, 0.3) is 5.91 Å². The van der Waals surface area contributed by atoms with E-state index in [1.807, 2.05) is 30.3 Å². The number of hydrogen-bond acceptors (Lipinski definition) is 7. The maximum absolute atomic E-state index is 12.7. The molecule has 152 valence electrons. The number of nitrogens with zero attached hydrogens (tertiary/aromatic N) is 4. The molecule has 9 heteroatoms. The Bertz CT molecular complexity index is 1290. The Balaban J connectivity index is 1.49. The highest BCUT2D eigenvalue weighted by Crippen LogP contribution is 2.43. The minimum absolute atomic E-state index is 0.183. The Labute approximate surface area is 191 Å². The van der Waals surface area contributed by atoms with Gasteiger partial charge >= 0.3 is 0 Å². The molecule has 0 saturated carbocycles. The first-order chi connectivity index (χ1) is 15.2. The van der Waals surface area contributed by atoms with Gasteiger partial charge in [-0.1, -0.05) is 29.4 Å². The van der Waals surface area contributed by atoms with E-state index in [1.54, 1.807) is 59.2 Å². The molecule has 3 aromatic heterocycles. The van der Waals surface area contributed by atoms with Crippen LogP contribution in [0.1, 0.15) is 27.4 Å². The Morgan fingerprint density at radius 2 is 2.00 bits per heavy atom. The standard InChI is InChI=1S/C22H14ClN5OS2/c23-14-5-6-16(25-10-14)19-20-22(30-12-27-20)31-18-7-4-13(9-17(18)28-19)21(29)26-11-15-3-1-2-8-24-15/h1-10,12H,11H2,(H,26,29). The molecule has 0 bridgehead atoms. The van der Waals surface area contributed by atoms with Crippen LogP contribution in [0.4, 0.5) is 5.69 Å². The second-order valence-corrected chi connectivity index (χ2v) is 9.20. The largest absolute Gasteiger partial charge is 0.346 e. The van der Waals surface area contributed by atoms with Crippen molar-refractivity contribution in [2.75, 3.05) is 0 Å². The number of fused-ring (bicyclic) bond motifs is 2. The Kier molecular flexibility index (Phi) is 5.50. The third-order valence-corrected chi connectivity index (χ3v) is 6.87. The summed E-state index contributed by atoms with van der Waals surface area (Å²) in [7, 11) is 0. The molecule has 4 heterocycles. The van der Waals surface area contributed by atoms with Crippen LogP contribution in [-0.4, -0.2) is 26.6 Å². The summed E-state index contributed by atoms with van der Waals surface area (Å²) in [6, 6.07) is 14.7. The first kappa shape index (κ1) is 19.9. The fourth-order valence-corrected chi connectivity index (χ4v) is 5.05. The lowest BCUT2D eigenvalue weighted by molar-refractivity contribution is 0.0950. The van der Waals surface area contributed by atoms with Gasteiger partial charge in [-0.3, -0.25) is 14.8 Å².